The van der Waals surface area contributed by atoms with Gasteiger partial charge in [0, 0.05) is 0 Å². The van der Waals surface area contributed by atoms with E-state index < -0.39 is 0 Å². The Hall–Kier alpha value is 0.290. The molecule has 0 aliphatic carbocycles. The Labute approximate surface area is 118 Å². The highest BCUT2D eigenvalue weighted by atomic mass is 127. The Morgan fingerprint density at radius 2 is 1.56 bits per heavy atom. The summed E-state index contributed by atoms with van der Waals surface area (Å²) in [5.41, 5.74) is 4.81. The molecule has 0 fully saturated rings. The molecule has 2 nitrogen and oxygen atoms in total. The quantitative estimate of drug-likeness (QED) is 0.302. The molecule has 16 heavy (non-hydrogen) atoms. The fourth-order valence-electron chi connectivity index (χ4n) is 1.86. The number of halogens is 1. The van der Waals surface area contributed by atoms with Crippen LogP contribution in [0.2, 0.25) is 0 Å². The maximum Gasteiger partial charge on any atom is 0.155 e. The van der Waals surface area contributed by atoms with Crippen molar-refractivity contribution in [1.29, 1.82) is 0 Å². The monoisotopic (exact) mass is 374 g/mol. The maximum atomic E-state index is 4.61. The van der Waals surface area contributed by atoms with E-state index in [1.165, 1.54) is 20.3 Å². The average Bonchev–Trinajstić information content (AvgIpc) is 2.78. The van der Waals surface area contributed by atoms with E-state index in [9.17, 15) is 0 Å². The third-order valence-electron chi connectivity index (χ3n) is 2.64. The van der Waals surface area contributed by atoms with Crippen molar-refractivity contribution in [1.82, 2.24) is 9.97 Å². The second-order valence-corrected chi connectivity index (χ2v) is 8.37. The molecule has 0 aliphatic rings. The van der Waals surface area contributed by atoms with Crippen LogP contribution in [0.15, 0.2) is 0 Å². The van der Waals surface area contributed by atoms with Crippen LogP contribution in [0, 0.1) is 3.01 Å². The molecule has 8 heteroatoms. The van der Waals surface area contributed by atoms with Crippen molar-refractivity contribution in [3.63, 3.8) is 0 Å². The first-order valence-corrected chi connectivity index (χ1v) is 7.98. The summed E-state index contributed by atoms with van der Waals surface area (Å²) >= 11 is 5.77. The number of benzene rings is 1. The van der Waals surface area contributed by atoms with E-state index in [4.69, 9.17) is 0 Å². The largest absolute Gasteiger partial charge is 0.238 e. The molecular weight excluding hydrogens is 368 g/mol. The lowest BCUT2D eigenvalue weighted by Gasteiger charge is -2.01. The van der Waals surface area contributed by atoms with Crippen LogP contribution in [-0.4, -0.2) is 25.7 Å². The Morgan fingerprint density at radius 1 is 1.00 bits per heavy atom. The summed E-state index contributed by atoms with van der Waals surface area (Å²) in [6.45, 7) is 0. The molecule has 2 aromatic heterocycles. The number of hydrogen-bond donors (Lipinski definition) is 0. The fraction of sp³-hybridized carbons (Fsp3) is 0. The van der Waals surface area contributed by atoms with Crippen LogP contribution in [-0.2, 0) is 0 Å². The average molecular weight is 374 g/mol. The van der Waals surface area contributed by atoms with E-state index in [1.807, 2.05) is 0 Å². The number of thiazole rings is 2. The first-order chi connectivity index (χ1) is 7.58. The second-order valence-electron chi connectivity index (χ2n) is 3.62. The van der Waals surface area contributed by atoms with E-state index in [0.717, 1.165) is 18.8 Å². The number of aromatic nitrogens is 2. The van der Waals surface area contributed by atoms with Gasteiger partial charge in [-0.25, -0.2) is 9.97 Å². The lowest BCUT2D eigenvalue weighted by atomic mass is 9.87. The molecular formula is C8H6B2IN2PS2. The van der Waals surface area contributed by atoms with Crippen LogP contribution in [0.5, 0.6) is 0 Å². The van der Waals surface area contributed by atoms with Crippen LogP contribution in [0.4, 0.5) is 0 Å². The van der Waals surface area contributed by atoms with Gasteiger partial charge in [0.25, 0.3) is 0 Å². The maximum absolute atomic E-state index is 4.61. The Balaban J connectivity index is 2.63. The van der Waals surface area contributed by atoms with Gasteiger partial charge < -0.3 is 0 Å². The van der Waals surface area contributed by atoms with Crippen molar-refractivity contribution in [2.45, 2.75) is 0 Å². The van der Waals surface area contributed by atoms with Gasteiger partial charge in [-0.05, 0) is 33.5 Å². The SMILES string of the molecule is Bc1c2nc(I)sc2c(B)c2nc(P)sc12. The van der Waals surface area contributed by atoms with Crippen molar-refractivity contribution in [2.75, 3.05) is 0 Å². The van der Waals surface area contributed by atoms with E-state index >= 15 is 0 Å². The van der Waals surface area contributed by atoms with E-state index in [1.54, 1.807) is 22.7 Å². The van der Waals surface area contributed by atoms with Crippen LogP contribution >= 0.6 is 54.5 Å². The molecule has 78 valence electrons. The third kappa shape index (κ3) is 1.55. The van der Waals surface area contributed by atoms with Gasteiger partial charge in [-0.15, -0.1) is 22.7 Å². The zero-order chi connectivity index (χ0) is 11.4. The lowest BCUT2D eigenvalue weighted by Crippen LogP contribution is -2.14. The highest BCUT2D eigenvalue weighted by Crippen LogP contribution is 2.25. The van der Waals surface area contributed by atoms with Gasteiger partial charge in [0.2, 0.25) is 0 Å². The number of hydrogen-bond acceptors (Lipinski definition) is 4. The number of nitrogens with zero attached hydrogens (tertiary/aromatic N) is 2. The first-order valence-electron chi connectivity index (χ1n) is 4.69. The van der Waals surface area contributed by atoms with Gasteiger partial charge in [0.1, 0.15) is 20.4 Å². The fourth-order valence-corrected chi connectivity index (χ4v) is 4.99. The minimum Gasteiger partial charge on any atom is -0.238 e. The van der Waals surface area contributed by atoms with Crippen LogP contribution in [0.25, 0.3) is 20.4 Å². The van der Waals surface area contributed by atoms with Gasteiger partial charge >= 0.3 is 0 Å². The second kappa shape index (κ2) is 3.90. The van der Waals surface area contributed by atoms with Gasteiger partial charge in [-0.1, -0.05) is 9.24 Å². The molecule has 0 saturated heterocycles. The van der Waals surface area contributed by atoms with Crippen molar-refractivity contribution < 1.29 is 0 Å². The molecule has 1 aromatic carbocycles. The highest BCUT2D eigenvalue weighted by Gasteiger charge is 2.15. The minimum absolute atomic E-state index is 1.05. The Kier molecular flexibility index (Phi) is 2.78. The smallest absolute Gasteiger partial charge is 0.155 e. The molecule has 0 aliphatic heterocycles. The Bertz CT molecular complexity index is 609. The topological polar surface area (TPSA) is 25.8 Å². The predicted molar refractivity (Wildman–Crippen MR) is 91.2 cm³/mol. The zero-order valence-electron chi connectivity index (χ0n) is 8.67. The van der Waals surface area contributed by atoms with Crippen LogP contribution in [0.3, 0.4) is 0 Å². The van der Waals surface area contributed by atoms with Gasteiger partial charge in [-0.3, -0.25) is 0 Å². The Morgan fingerprint density at radius 3 is 2.25 bits per heavy atom. The normalized spacial score (nSPS) is 11.6. The number of fused-ring (bicyclic) bond motifs is 2. The van der Waals surface area contributed by atoms with E-state index in [0.29, 0.717) is 0 Å². The summed E-state index contributed by atoms with van der Waals surface area (Å²) in [6, 6.07) is 0. The molecule has 0 amide bonds. The molecule has 3 aromatic rings. The summed E-state index contributed by atoms with van der Waals surface area (Å²) in [7, 11) is 6.97. The third-order valence-corrected chi connectivity index (χ3v) is 5.99. The number of rotatable bonds is 0. The predicted octanol–water partition coefficient (Wildman–Crippen LogP) is -0.472. The van der Waals surface area contributed by atoms with Crippen molar-refractivity contribution >= 4 is 106 Å². The molecule has 3 rings (SSSR count). The molecule has 0 N–H and O–H groups in total. The summed E-state index contributed by atoms with van der Waals surface area (Å²) in [5, 5.41) is 0. The molecule has 1 atom stereocenters. The van der Waals surface area contributed by atoms with E-state index in [-0.39, 0.29) is 0 Å². The van der Waals surface area contributed by atoms with Gasteiger partial charge in [0.15, 0.2) is 3.01 Å². The van der Waals surface area contributed by atoms with Crippen molar-refractivity contribution in [3.05, 3.63) is 3.01 Å². The summed E-state index contributed by atoms with van der Waals surface area (Å²) in [5.74, 6) is 0. The van der Waals surface area contributed by atoms with Crippen LogP contribution in [0.1, 0.15) is 0 Å². The molecule has 0 saturated carbocycles. The van der Waals surface area contributed by atoms with E-state index in [2.05, 4.69) is 57.5 Å². The minimum atomic E-state index is 1.05. The molecule has 2 heterocycles. The van der Waals surface area contributed by atoms with Crippen LogP contribution < -0.4 is 15.7 Å². The molecule has 0 radical (unpaired) electrons. The van der Waals surface area contributed by atoms with Crippen molar-refractivity contribution in [3.8, 4) is 0 Å². The molecule has 0 spiro atoms. The highest BCUT2D eigenvalue weighted by molar-refractivity contribution is 14.1. The zero-order valence-corrected chi connectivity index (χ0v) is 13.6. The summed E-state index contributed by atoms with van der Waals surface area (Å²) < 4.78 is 4.71. The first kappa shape index (κ1) is 11.4. The van der Waals surface area contributed by atoms with Gasteiger partial charge in [-0.2, -0.15) is 0 Å². The molecule has 1 unspecified atom stereocenters. The molecule has 0 bridgehead atoms. The summed E-state index contributed by atoms with van der Waals surface area (Å²) in [4.78, 5) is 9.20. The van der Waals surface area contributed by atoms with Gasteiger partial charge in [0.05, 0.1) is 20.4 Å². The standard InChI is InChI=1S/C8H6B2IN2PS2/c9-1-3-5(15-7(11)12-3)2(10)4-6(1)16-8(14)13-4/h9-10,14H2. The van der Waals surface area contributed by atoms with Crippen molar-refractivity contribution in [2.24, 2.45) is 0 Å². The summed E-state index contributed by atoms with van der Waals surface area (Å²) in [6.07, 6.45) is 0. The lowest BCUT2D eigenvalue weighted by molar-refractivity contribution is 1.46.